The lowest BCUT2D eigenvalue weighted by Crippen LogP contribution is -2.48. The van der Waals surface area contributed by atoms with E-state index in [1.54, 1.807) is 23.5 Å². The summed E-state index contributed by atoms with van der Waals surface area (Å²) in [6.07, 6.45) is 11.4. The summed E-state index contributed by atoms with van der Waals surface area (Å²) in [5.41, 5.74) is 5.57. The first-order valence-electron chi connectivity index (χ1n) is 19.8. The van der Waals surface area contributed by atoms with E-state index in [-0.39, 0.29) is 24.6 Å². The Hall–Kier alpha value is -2.97. The molecule has 4 aliphatic rings. The highest BCUT2D eigenvalue weighted by atomic mass is 32.2. The second-order valence-corrected chi connectivity index (χ2v) is 17.1. The molecule has 0 saturated carbocycles. The van der Waals surface area contributed by atoms with Gasteiger partial charge in [-0.2, -0.15) is 0 Å². The Kier molecular flexibility index (Phi) is 15.5. The van der Waals surface area contributed by atoms with Crippen molar-refractivity contribution in [3.05, 3.63) is 48.5 Å². The first-order valence-corrected chi connectivity index (χ1v) is 21.7. The van der Waals surface area contributed by atoms with Crippen molar-refractivity contribution in [3.63, 3.8) is 0 Å². The minimum atomic E-state index is -0.344. The van der Waals surface area contributed by atoms with Gasteiger partial charge >= 0.3 is 12.2 Å². The largest absolute Gasteiger partial charge is 0.415 e. The lowest BCUT2D eigenvalue weighted by molar-refractivity contribution is -0.119. The summed E-state index contributed by atoms with van der Waals surface area (Å²) in [5.74, 6) is 2.35. The van der Waals surface area contributed by atoms with Crippen LogP contribution in [0.15, 0.2) is 58.3 Å². The molecule has 0 radical (unpaired) electrons. The van der Waals surface area contributed by atoms with E-state index in [1.165, 1.54) is 64.7 Å². The maximum atomic E-state index is 12.8. The molecule has 4 heterocycles. The van der Waals surface area contributed by atoms with Crippen LogP contribution in [0.2, 0.25) is 0 Å². The van der Waals surface area contributed by atoms with Crippen LogP contribution in [0.5, 0.6) is 11.5 Å². The van der Waals surface area contributed by atoms with Gasteiger partial charge in [-0.3, -0.25) is 9.69 Å². The fourth-order valence-corrected chi connectivity index (χ4v) is 9.84. The second kappa shape index (κ2) is 20.6. The van der Waals surface area contributed by atoms with Gasteiger partial charge in [0.2, 0.25) is 5.91 Å². The monoisotopic (exact) mass is 766 g/mol. The van der Waals surface area contributed by atoms with Gasteiger partial charge in [0.05, 0.1) is 6.54 Å². The molecule has 0 aliphatic carbocycles. The fraction of sp³-hybridized carbons (Fsp3) is 0.625. The molecule has 53 heavy (non-hydrogen) atoms. The maximum Gasteiger partial charge on any atom is 0.415 e. The lowest BCUT2D eigenvalue weighted by atomic mass is 10.0. The number of nitrogens with zero attached hydrogens (tertiary/aromatic N) is 5. The smallest absolute Gasteiger partial charge is 0.410 e. The Balaban J connectivity index is 0.859. The molecule has 0 aromatic heterocycles. The molecule has 3 amide bonds. The summed E-state index contributed by atoms with van der Waals surface area (Å²) >= 11 is 3.39. The molecule has 2 aromatic carbocycles. The number of likely N-dealkylation sites (tertiary alicyclic amines) is 4. The lowest BCUT2D eigenvalue weighted by Gasteiger charge is -2.39. The molecule has 11 nitrogen and oxygen atoms in total. The summed E-state index contributed by atoms with van der Waals surface area (Å²) in [4.78, 5) is 50.6. The molecule has 13 heteroatoms. The fourth-order valence-electron chi connectivity index (χ4n) is 8.01. The van der Waals surface area contributed by atoms with Gasteiger partial charge in [0.1, 0.15) is 11.5 Å². The summed E-state index contributed by atoms with van der Waals surface area (Å²) in [7, 11) is 0. The number of ether oxygens (including phenoxy) is 2. The van der Waals surface area contributed by atoms with Crippen molar-refractivity contribution in [1.29, 1.82) is 0 Å². The molecule has 0 spiro atoms. The average molecular weight is 767 g/mol. The van der Waals surface area contributed by atoms with Crippen LogP contribution in [0.25, 0.3) is 0 Å². The number of benzene rings is 2. The van der Waals surface area contributed by atoms with Gasteiger partial charge in [-0.1, -0.05) is 12.8 Å². The van der Waals surface area contributed by atoms with Crippen molar-refractivity contribution in [2.45, 2.75) is 86.1 Å². The number of piperidine rings is 4. The minimum absolute atomic E-state index is 0.204. The van der Waals surface area contributed by atoms with Crippen LogP contribution < -0.4 is 15.2 Å². The van der Waals surface area contributed by atoms with Gasteiger partial charge in [0.25, 0.3) is 0 Å². The highest BCUT2D eigenvalue weighted by Gasteiger charge is 2.30. The molecule has 4 saturated heterocycles. The second-order valence-electron chi connectivity index (χ2n) is 14.7. The predicted octanol–water partition coefficient (Wildman–Crippen LogP) is 6.26. The Labute approximate surface area is 324 Å². The van der Waals surface area contributed by atoms with E-state index in [1.807, 2.05) is 58.3 Å². The average Bonchev–Trinajstić information content (AvgIpc) is 3.19. The standard InChI is InChI=1S/C40H58N6O5S2/c41-38(47)31-42(27-29-52-36-11-7-34(8-12-36)50-39(48)45-23-15-32(16-24-45)43-19-3-1-4-20-43)28-30-53-37-13-9-35(10-14-37)51-40(49)46-25-17-33(18-26-46)44-21-5-2-6-22-44/h7-14,32-33H,1-6,15-31H2,(H2,41,47). The van der Waals surface area contributed by atoms with Crippen LogP contribution in [0.4, 0.5) is 9.59 Å². The van der Waals surface area contributed by atoms with Crippen molar-refractivity contribution < 1.29 is 23.9 Å². The van der Waals surface area contributed by atoms with Crippen molar-refractivity contribution in [3.8, 4) is 11.5 Å². The third-order valence-corrected chi connectivity index (χ3v) is 13.0. The van der Waals surface area contributed by atoms with E-state index in [4.69, 9.17) is 15.2 Å². The summed E-state index contributed by atoms with van der Waals surface area (Å²) in [5, 5.41) is 0. The van der Waals surface area contributed by atoms with Gasteiger partial charge in [-0.15, -0.1) is 23.5 Å². The molecule has 0 bridgehead atoms. The number of thioether (sulfide) groups is 2. The zero-order chi connectivity index (χ0) is 36.8. The molecule has 2 aromatic rings. The number of hydrogen-bond acceptors (Lipinski definition) is 10. The summed E-state index contributed by atoms with van der Waals surface area (Å²) < 4.78 is 11.4. The van der Waals surface area contributed by atoms with Crippen molar-refractivity contribution in [1.82, 2.24) is 24.5 Å². The number of nitrogens with two attached hydrogens (primary N) is 1. The number of hydrogen-bond donors (Lipinski definition) is 1. The van der Waals surface area contributed by atoms with Gasteiger partial charge in [0, 0.05) is 72.6 Å². The van der Waals surface area contributed by atoms with Crippen LogP contribution in [0.1, 0.15) is 64.2 Å². The molecule has 2 N–H and O–H groups in total. The van der Waals surface area contributed by atoms with Crippen molar-refractivity contribution in [2.24, 2.45) is 5.73 Å². The van der Waals surface area contributed by atoms with E-state index >= 15 is 0 Å². The molecule has 4 fully saturated rings. The minimum Gasteiger partial charge on any atom is -0.410 e. The number of carbonyl (C=O) groups is 3. The maximum absolute atomic E-state index is 12.8. The summed E-state index contributed by atoms with van der Waals surface area (Å²) in [6, 6.07) is 16.5. The molecule has 6 rings (SSSR count). The Morgan fingerprint density at radius 3 is 1.32 bits per heavy atom. The van der Waals surface area contributed by atoms with Crippen LogP contribution in [-0.2, 0) is 4.79 Å². The molecular formula is C40H58N6O5S2. The Morgan fingerprint density at radius 1 is 0.585 bits per heavy atom. The van der Waals surface area contributed by atoms with E-state index in [2.05, 4.69) is 14.7 Å². The molecule has 4 aliphatic heterocycles. The first-order chi connectivity index (χ1) is 25.9. The van der Waals surface area contributed by atoms with Gasteiger partial charge in [0.15, 0.2) is 0 Å². The predicted molar refractivity (Wildman–Crippen MR) is 212 cm³/mol. The highest BCUT2D eigenvalue weighted by molar-refractivity contribution is 7.99. The third-order valence-electron chi connectivity index (χ3n) is 11.0. The summed E-state index contributed by atoms with van der Waals surface area (Å²) in [6.45, 7) is 9.38. The molecular weight excluding hydrogens is 709 g/mol. The van der Waals surface area contributed by atoms with Crippen LogP contribution in [-0.4, -0.2) is 138 Å². The van der Waals surface area contributed by atoms with E-state index in [0.717, 1.165) is 73.2 Å². The molecule has 0 atom stereocenters. The van der Waals surface area contributed by atoms with Crippen LogP contribution >= 0.6 is 23.5 Å². The zero-order valence-corrected chi connectivity index (χ0v) is 32.8. The normalized spacial score (nSPS) is 19.7. The number of rotatable bonds is 14. The first kappa shape index (κ1) is 39.7. The van der Waals surface area contributed by atoms with Gasteiger partial charge in [-0.05, 0) is 126 Å². The quantitative estimate of drug-likeness (QED) is 0.222. The van der Waals surface area contributed by atoms with Crippen LogP contribution in [0, 0.1) is 0 Å². The Morgan fingerprint density at radius 2 is 0.962 bits per heavy atom. The van der Waals surface area contributed by atoms with E-state index in [0.29, 0.717) is 36.7 Å². The van der Waals surface area contributed by atoms with Crippen molar-refractivity contribution >= 4 is 41.6 Å². The SMILES string of the molecule is NC(=O)CN(CCSc1ccc(OC(=O)N2CCC(N3CCCCC3)CC2)cc1)CCSc1ccc(OC(=O)N2CCC(N3CCCCC3)CC2)cc1. The Bertz CT molecular complexity index is 1340. The van der Waals surface area contributed by atoms with Crippen molar-refractivity contribution in [2.75, 3.05) is 83.5 Å². The highest BCUT2D eigenvalue weighted by Crippen LogP contribution is 2.26. The zero-order valence-electron chi connectivity index (χ0n) is 31.2. The number of primary amides is 1. The van der Waals surface area contributed by atoms with E-state index < -0.39 is 0 Å². The number of carbonyl (C=O) groups excluding carboxylic acids is 3. The van der Waals surface area contributed by atoms with Gasteiger partial charge in [-0.25, -0.2) is 9.59 Å². The van der Waals surface area contributed by atoms with E-state index in [9.17, 15) is 14.4 Å². The molecule has 0 unspecified atom stereocenters. The third kappa shape index (κ3) is 12.5. The molecule has 290 valence electrons. The topological polar surface area (TPSA) is 112 Å². The number of amides is 3. The van der Waals surface area contributed by atoms with Crippen LogP contribution in [0.3, 0.4) is 0 Å². The van der Waals surface area contributed by atoms with Gasteiger partial charge < -0.3 is 34.8 Å².